The maximum Gasteiger partial charge on any atom is 0.416 e. The van der Waals surface area contributed by atoms with Crippen LogP contribution in [0.3, 0.4) is 0 Å². The number of urea groups is 1. The summed E-state index contributed by atoms with van der Waals surface area (Å²) >= 11 is 0. The highest BCUT2D eigenvalue weighted by Crippen LogP contribution is 2.40. The van der Waals surface area contributed by atoms with Gasteiger partial charge in [0.1, 0.15) is 0 Å². The van der Waals surface area contributed by atoms with Crippen molar-refractivity contribution >= 4 is 21.6 Å². The van der Waals surface area contributed by atoms with E-state index in [1.165, 1.54) is 12.1 Å². The number of fused-ring (bicyclic) bond motifs is 2. The van der Waals surface area contributed by atoms with Gasteiger partial charge in [-0.1, -0.05) is 24.3 Å². The van der Waals surface area contributed by atoms with E-state index >= 15 is 0 Å². The Bertz CT molecular complexity index is 1030. The van der Waals surface area contributed by atoms with E-state index in [1.807, 2.05) is 0 Å². The zero-order chi connectivity index (χ0) is 21.5. The minimum Gasteiger partial charge on any atom is -0.318 e. The molecule has 9 heteroatoms. The number of nitrogens with zero attached hydrogens (tertiary/aromatic N) is 1. The van der Waals surface area contributed by atoms with E-state index in [4.69, 9.17) is 0 Å². The van der Waals surface area contributed by atoms with E-state index in [-0.39, 0.29) is 22.7 Å². The summed E-state index contributed by atoms with van der Waals surface area (Å²) in [6, 6.07) is 11.8. The second-order valence-corrected chi connectivity index (χ2v) is 9.98. The Morgan fingerprint density at radius 3 is 2.20 bits per heavy atom. The van der Waals surface area contributed by atoms with Gasteiger partial charge in [0, 0.05) is 17.8 Å². The molecule has 2 fully saturated rings. The summed E-state index contributed by atoms with van der Waals surface area (Å²) in [5.41, 5.74) is -0.774. The number of alkyl halides is 3. The minimum absolute atomic E-state index is 0.0632. The van der Waals surface area contributed by atoms with Crippen molar-refractivity contribution in [2.75, 3.05) is 5.32 Å². The largest absolute Gasteiger partial charge is 0.416 e. The van der Waals surface area contributed by atoms with Gasteiger partial charge in [-0.2, -0.15) is 13.2 Å². The fourth-order valence-electron chi connectivity index (χ4n) is 4.48. The third kappa shape index (κ3) is 3.90. The monoisotopic (exact) mass is 438 g/mol. The van der Waals surface area contributed by atoms with Crippen LogP contribution >= 0.6 is 0 Å². The van der Waals surface area contributed by atoms with Gasteiger partial charge in [0.2, 0.25) is 0 Å². The number of hydrogen-bond acceptors (Lipinski definition) is 3. The molecule has 0 spiro atoms. The van der Waals surface area contributed by atoms with Crippen LogP contribution in [0.4, 0.5) is 23.7 Å². The number of nitrogens with one attached hydrogen (secondary N) is 1. The van der Waals surface area contributed by atoms with Crippen molar-refractivity contribution in [3.8, 4) is 0 Å². The molecule has 5 nitrogen and oxygen atoms in total. The fourth-order valence-corrected chi connectivity index (χ4v) is 6.35. The molecule has 2 aromatic carbocycles. The number of carbonyl (C=O) groups is 1. The number of hydrogen-bond donors (Lipinski definition) is 1. The Morgan fingerprint density at radius 2 is 1.60 bits per heavy atom. The molecule has 2 amide bonds. The number of sulfone groups is 1. The van der Waals surface area contributed by atoms with Gasteiger partial charge in [0.05, 0.1) is 15.7 Å². The van der Waals surface area contributed by atoms with Crippen LogP contribution in [0.5, 0.6) is 0 Å². The number of benzene rings is 2. The second kappa shape index (κ2) is 7.61. The quantitative estimate of drug-likeness (QED) is 0.755. The summed E-state index contributed by atoms with van der Waals surface area (Å²) in [5, 5.41) is 1.97. The summed E-state index contributed by atoms with van der Waals surface area (Å²) in [7, 11) is -3.50. The van der Waals surface area contributed by atoms with Gasteiger partial charge in [0.25, 0.3) is 0 Å². The number of amides is 2. The highest BCUT2D eigenvalue weighted by Gasteiger charge is 2.47. The Kier molecular flexibility index (Phi) is 5.25. The Hall–Kier alpha value is -2.55. The average molecular weight is 438 g/mol. The lowest BCUT2D eigenvalue weighted by Crippen LogP contribution is -2.51. The summed E-state index contributed by atoms with van der Waals surface area (Å²) in [6.45, 7) is 0. The SMILES string of the molecule is O=C(Nc1cccc(C(F)(F)F)c1)N1C2CCC1CC(S(=O)(=O)c1ccccc1)C2. The van der Waals surface area contributed by atoms with Crippen molar-refractivity contribution in [2.24, 2.45) is 0 Å². The van der Waals surface area contributed by atoms with E-state index in [9.17, 15) is 26.4 Å². The molecule has 2 aromatic rings. The summed E-state index contributed by atoms with van der Waals surface area (Å²) < 4.78 is 64.7. The number of halogens is 3. The van der Waals surface area contributed by atoms with Gasteiger partial charge in [-0.15, -0.1) is 0 Å². The summed E-state index contributed by atoms with van der Waals surface area (Å²) in [5.74, 6) is 0. The molecule has 0 saturated carbocycles. The third-order valence-electron chi connectivity index (χ3n) is 5.88. The fraction of sp³-hybridized carbons (Fsp3) is 0.381. The smallest absolute Gasteiger partial charge is 0.318 e. The van der Waals surface area contributed by atoms with Crippen LogP contribution < -0.4 is 5.32 Å². The molecule has 0 aromatic heterocycles. The van der Waals surface area contributed by atoms with Gasteiger partial charge in [-0.05, 0) is 56.0 Å². The molecule has 2 heterocycles. The Balaban J connectivity index is 1.49. The molecule has 2 aliphatic heterocycles. The molecule has 1 N–H and O–H groups in total. The van der Waals surface area contributed by atoms with E-state index in [0.717, 1.165) is 12.1 Å². The summed E-state index contributed by atoms with van der Waals surface area (Å²) in [4.78, 5) is 14.7. The van der Waals surface area contributed by atoms with E-state index in [0.29, 0.717) is 25.7 Å². The van der Waals surface area contributed by atoms with Crippen molar-refractivity contribution in [3.05, 3.63) is 60.2 Å². The number of piperidine rings is 1. The van der Waals surface area contributed by atoms with Gasteiger partial charge >= 0.3 is 12.2 Å². The summed E-state index contributed by atoms with van der Waals surface area (Å²) in [6.07, 6.45) is -2.49. The molecule has 160 valence electrons. The van der Waals surface area contributed by atoms with Crippen molar-refractivity contribution in [3.63, 3.8) is 0 Å². The molecule has 4 rings (SSSR count). The van der Waals surface area contributed by atoms with E-state index in [2.05, 4.69) is 5.32 Å². The van der Waals surface area contributed by atoms with Crippen molar-refractivity contribution in [1.29, 1.82) is 0 Å². The van der Waals surface area contributed by atoms with E-state index in [1.54, 1.807) is 35.2 Å². The number of carbonyl (C=O) groups excluding carboxylic acids is 1. The average Bonchev–Trinajstić information content (AvgIpc) is 2.97. The van der Waals surface area contributed by atoms with Gasteiger partial charge in [-0.3, -0.25) is 0 Å². The molecule has 2 saturated heterocycles. The highest BCUT2D eigenvalue weighted by molar-refractivity contribution is 7.92. The Labute approximate surface area is 172 Å². The van der Waals surface area contributed by atoms with Crippen LogP contribution in [-0.4, -0.2) is 36.7 Å². The van der Waals surface area contributed by atoms with Gasteiger partial charge < -0.3 is 10.2 Å². The maximum atomic E-state index is 13.0. The lowest BCUT2D eigenvalue weighted by Gasteiger charge is -2.38. The normalized spacial score (nSPS) is 24.0. The van der Waals surface area contributed by atoms with Crippen molar-refractivity contribution < 1.29 is 26.4 Å². The topological polar surface area (TPSA) is 66.5 Å². The van der Waals surface area contributed by atoms with Crippen molar-refractivity contribution in [1.82, 2.24) is 4.90 Å². The molecule has 2 atom stereocenters. The standard InChI is InChI=1S/C21H21F3N2O3S/c22-21(23,24)14-5-4-6-15(11-14)25-20(27)26-16-9-10-17(26)13-19(12-16)30(28,29)18-7-2-1-3-8-18/h1-8,11,16-17,19H,9-10,12-13H2,(H,25,27). The first-order valence-electron chi connectivity index (χ1n) is 9.72. The molecule has 2 aliphatic rings. The van der Waals surface area contributed by atoms with Crippen LogP contribution in [-0.2, 0) is 16.0 Å². The van der Waals surface area contributed by atoms with Crippen LogP contribution in [0, 0.1) is 0 Å². The van der Waals surface area contributed by atoms with Crippen LogP contribution in [0.1, 0.15) is 31.2 Å². The predicted molar refractivity (Wildman–Crippen MR) is 106 cm³/mol. The van der Waals surface area contributed by atoms with Crippen molar-refractivity contribution in [2.45, 2.75) is 54.1 Å². The lowest BCUT2D eigenvalue weighted by atomic mass is 10.0. The molecule has 0 radical (unpaired) electrons. The third-order valence-corrected chi connectivity index (χ3v) is 8.07. The maximum absolute atomic E-state index is 13.0. The molecule has 0 aliphatic carbocycles. The van der Waals surface area contributed by atoms with Gasteiger partial charge in [-0.25, -0.2) is 13.2 Å². The zero-order valence-electron chi connectivity index (χ0n) is 16.0. The minimum atomic E-state index is -4.50. The molecule has 30 heavy (non-hydrogen) atoms. The Morgan fingerprint density at radius 1 is 0.967 bits per heavy atom. The first kappa shape index (κ1) is 20.7. The number of anilines is 1. The predicted octanol–water partition coefficient (Wildman–Crippen LogP) is 4.71. The van der Waals surface area contributed by atoms with Crippen LogP contribution in [0.15, 0.2) is 59.5 Å². The second-order valence-electron chi connectivity index (χ2n) is 7.75. The highest BCUT2D eigenvalue weighted by atomic mass is 32.2. The molecule has 2 bridgehead atoms. The first-order valence-corrected chi connectivity index (χ1v) is 11.3. The van der Waals surface area contributed by atoms with E-state index < -0.39 is 32.9 Å². The molecular weight excluding hydrogens is 417 g/mol. The molecular formula is C21H21F3N2O3S. The first-order chi connectivity index (χ1) is 14.2. The molecule has 2 unspecified atom stereocenters. The van der Waals surface area contributed by atoms with Gasteiger partial charge in [0.15, 0.2) is 9.84 Å². The number of rotatable bonds is 3. The lowest BCUT2D eigenvalue weighted by molar-refractivity contribution is -0.137. The zero-order valence-corrected chi connectivity index (χ0v) is 16.8. The van der Waals surface area contributed by atoms with Crippen LogP contribution in [0.25, 0.3) is 0 Å². The van der Waals surface area contributed by atoms with Crippen LogP contribution in [0.2, 0.25) is 0 Å².